The molecule has 1 fully saturated rings. The minimum absolute atomic E-state index is 0.373. The Balaban J connectivity index is 1.95. The van der Waals surface area contributed by atoms with Gasteiger partial charge in [-0.1, -0.05) is 17.7 Å². The molecule has 0 spiro atoms. The Bertz CT molecular complexity index is 641. The normalized spacial score (nSPS) is 14.9. The quantitative estimate of drug-likeness (QED) is 0.890. The largest absolute Gasteiger partial charge is 0.310 e. The van der Waals surface area contributed by atoms with Crippen molar-refractivity contribution in [2.75, 3.05) is 0 Å². The Morgan fingerprint density at radius 1 is 1.33 bits per heavy atom. The molecule has 1 aliphatic rings. The highest BCUT2D eigenvalue weighted by Crippen LogP contribution is 2.30. The number of hydrogen-bond acceptors (Lipinski definition) is 2. The van der Waals surface area contributed by atoms with Crippen molar-refractivity contribution in [3.05, 3.63) is 40.7 Å². The van der Waals surface area contributed by atoms with Crippen LogP contribution in [0.15, 0.2) is 24.4 Å². The monoisotopic (exact) mass is 303 g/mol. The summed E-state index contributed by atoms with van der Waals surface area (Å²) in [5.74, 6) is 0. The number of hydrogen-bond donors (Lipinski definition) is 1. The van der Waals surface area contributed by atoms with Crippen LogP contribution in [0.2, 0.25) is 5.02 Å². The summed E-state index contributed by atoms with van der Waals surface area (Å²) in [7, 11) is 0. The summed E-state index contributed by atoms with van der Waals surface area (Å²) in [6.07, 6.45) is 4.73. The zero-order valence-corrected chi connectivity index (χ0v) is 13.6. The Labute approximate surface area is 131 Å². The molecular formula is C17H22ClN3. The van der Waals surface area contributed by atoms with Crippen molar-refractivity contribution in [3.63, 3.8) is 0 Å². The highest BCUT2D eigenvalue weighted by Gasteiger charge is 2.21. The summed E-state index contributed by atoms with van der Waals surface area (Å²) < 4.78 is 2.03. The summed E-state index contributed by atoms with van der Waals surface area (Å²) in [6.45, 7) is 7.23. The molecule has 2 aromatic rings. The van der Waals surface area contributed by atoms with E-state index in [1.54, 1.807) is 0 Å². The maximum Gasteiger partial charge on any atom is 0.0672 e. The molecule has 0 saturated heterocycles. The number of aromatic nitrogens is 2. The fourth-order valence-electron chi connectivity index (χ4n) is 2.52. The molecule has 1 heterocycles. The van der Waals surface area contributed by atoms with Gasteiger partial charge in [-0.2, -0.15) is 5.10 Å². The van der Waals surface area contributed by atoms with Crippen LogP contribution in [0.3, 0.4) is 0 Å². The van der Waals surface area contributed by atoms with Crippen molar-refractivity contribution in [1.29, 1.82) is 0 Å². The molecule has 1 aromatic carbocycles. The van der Waals surface area contributed by atoms with Crippen molar-refractivity contribution < 1.29 is 0 Å². The van der Waals surface area contributed by atoms with Crippen molar-refractivity contribution in [3.8, 4) is 11.1 Å². The average Bonchev–Trinajstić information content (AvgIpc) is 3.18. The fourth-order valence-corrected chi connectivity index (χ4v) is 2.72. The zero-order valence-electron chi connectivity index (χ0n) is 12.9. The van der Waals surface area contributed by atoms with Crippen molar-refractivity contribution in [2.24, 2.45) is 0 Å². The molecule has 1 aliphatic carbocycles. The predicted octanol–water partition coefficient (Wildman–Crippen LogP) is 4.34. The SMILES string of the molecule is Cc1nn(C(C)C)cc1-c1ccc(Cl)cc1CNC1CC1. The molecule has 1 aromatic heterocycles. The van der Waals surface area contributed by atoms with E-state index in [2.05, 4.69) is 49.5 Å². The van der Waals surface area contributed by atoms with E-state index in [0.29, 0.717) is 12.1 Å². The standard InChI is InChI=1S/C17H22ClN3/c1-11(2)21-10-17(12(3)20-21)16-7-4-14(18)8-13(16)9-19-15-5-6-15/h4,7-8,10-11,15,19H,5-6,9H2,1-3H3. The number of aryl methyl sites for hydroxylation is 1. The molecule has 1 saturated carbocycles. The number of benzene rings is 1. The van der Waals surface area contributed by atoms with Gasteiger partial charge in [-0.15, -0.1) is 0 Å². The summed E-state index contributed by atoms with van der Waals surface area (Å²) in [6, 6.07) is 7.21. The smallest absolute Gasteiger partial charge is 0.0672 e. The second-order valence-electron chi connectivity index (χ2n) is 6.16. The molecule has 112 valence electrons. The second kappa shape index (κ2) is 5.82. The van der Waals surface area contributed by atoms with Crippen molar-refractivity contribution >= 4 is 11.6 Å². The lowest BCUT2D eigenvalue weighted by molar-refractivity contribution is 0.529. The van der Waals surface area contributed by atoms with E-state index in [1.807, 2.05) is 10.7 Å². The summed E-state index contributed by atoms with van der Waals surface area (Å²) in [4.78, 5) is 0. The summed E-state index contributed by atoms with van der Waals surface area (Å²) in [5, 5.41) is 8.99. The molecule has 0 radical (unpaired) electrons. The maximum atomic E-state index is 6.18. The number of nitrogens with zero attached hydrogens (tertiary/aromatic N) is 2. The van der Waals surface area contributed by atoms with Gasteiger partial charge in [0.05, 0.1) is 5.69 Å². The molecule has 0 aliphatic heterocycles. The molecule has 4 heteroatoms. The Hall–Kier alpha value is -1.32. The number of nitrogens with one attached hydrogen (secondary N) is 1. The van der Waals surface area contributed by atoms with Crippen molar-refractivity contribution in [1.82, 2.24) is 15.1 Å². The second-order valence-corrected chi connectivity index (χ2v) is 6.60. The minimum Gasteiger partial charge on any atom is -0.310 e. The first-order valence-corrected chi connectivity index (χ1v) is 8.00. The Morgan fingerprint density at radius 3 is 2.71 bits per heavy atom. The fraction of sp³-hybridized carbons (Fsp3) is 0.471. The van der Waals surface area contributed by atoms with Crippen LogP contribution in [0.1, 0.15) is 44.0 Å². The van der Waals surface area contributed by atoms with Crippen LogP contribution in [0, 0.1) is 6.92 Å². The van der Waals surface area contributed by atoms with Crippen LogP contribution in [-0.2, 0) is 6.54 Å². The van der Waals surface area contributed by atoms with Crippen LogP contribution >= 0.6 is 11.6 Å². The van der Waals surface area contributed by atoms with Gasteiger partial charge >= 0.3 is 0 Å². The first kappa shape index (κ1) is 14.6. The Kier molecular flexibility index (Phi) is 4.05. The summed E-state index contributed by atoms with van der Waals surface area (Å²) in [5.41, 5.74) is 4.75. The summed E-state index contributed by atoms with van der Waals surface area (Å²) >= 11 is 6.18. The molecule has 0 atom stereocenters. The van der Waals surface area contributed by atoms with Crippen LogP contribution in [0.25, 0.3) is 11.1 Å². The van der Waals surface area contributed by atoms with E-state index in [1.165, 1.54) is 29.5 Å². The molecule has 1 N–H and O–H groups in total. The number of rotatable bonds is 5. The number of halogens is 1. The van der Waals surface area contributed by atoms with Crippen LogP contribution < -0.4 is 5.32 Å². The van der Waals surface area contributed by atoms with Gasteiger partial charge in [0.15, 0.2) is 0 Å². The third-order valence-corrected chi connectivity index (χ3v) is 4.20. The van der Waals surface area contributed by atoms with Gasteiger partial charge in [0.2, 0.25) is 0 Å². The lowest BCUT2D eigenvalue weighted by Gasteiger charge is -2.10. The predicted molar refractivity (Wildman–Crippen MR) is 87.7 cm³/mol. The zero-order chi connectivity index (χ0) is 15.0. The third-order valence-electron chi connectivity index (χ3n) is 3.96. The van der Waals surface area contributed by atoms with Gasteiger partial charge in [0.1, 0.15) is 0 Å². The van der Waals surface area contributed by atoms with E-state index in [0.717, 1.165) is 17.3 Å². The van der Waals surface area contributed by atoms with Crippen LogP contribution in [0.5, 0.6) is 0 Å². The lowest BCUT2D eigenvalue weighted by atomic mass is 10.0. The minimum atomic E-state index is 0.373. The molecule has 0 amide bonds. The highest BCUT2D eigenvalue weighted by molar-refractivity contribution is 6.30. The van der Waals surface area contributed by atoms with Gasteiger partial charge in [-0.25, -0.2) is 0 Å². The topological polar surface area (TPSA) is 29.9 Å². The highest BCUT2D eigenvalue weighted by atomic mass is 35.5. The average molecular weight is 304 g/mol. The van der Waals surface area contributed by atoms with Gasteiger partial charge in [-0.3, -0.25) is 4.68 Å². The van der Waals surface area contributed by atoms with E-state index < -0.39 is 0 Å². The van der Waals surface area contributed by atoms with Gasteiger partial charge in [0, 0.05) is 35.4 Å². The maximum absolute atomic E-state index is 6.18. The van der Waals surface area contributed by atoms with Crippen molar-refractivity contribution in [2.45, 2.75) is 52.2 Å². The van der Waals surface area contributed by atoms with Gasteiger partial charge in [-0.05, 0) is 56.9 Å². The molecular weight excluding hydrogens is 282 g/mol. The van der Waals surface area contributed by atoms with Gasteiger partial charge < -0.3 is 5.32 Å². The molecule has 0 unspecified atom stereocenters. The first-order valence-electron chi connectivity index (χ1n) is 7.62. The molecule has 0 bridgehead atoms. The Morgan fingerprint density at radius 2 is 2.10 bits per heavy atom. The van der Waals surface area contributed by atoms with E-state index >= 15 is 0 Å². The lowest BCUT2D eigenvalue weighted by Crippen LogP contribution is -2.15. The van der Waals surface area contributed by atoms with Crippen LogP contribution in [0.4, 0.5) is 0 Å². The molecule has 3 rings (SSSR count). The van der Waals surface area contributed by atoms with E-state index in [4.69, 9.17) is 11.6 Å². The van der Waals surface area contributed by atoms with E-state index in [9.17, 15) is 0 Å². The molecule has 3 nitrogen and oxygen atoms in total. The van der Waals surface area contributed by atoms with Crippen LogP contribution in [-0.4, -0.2) is 15.8 Å². The molecule has 21 heavy (non-hydrogen) atoms. The third kappa shape index (κ3) is 3.30. The first-order chi connectivity index (χ1) is 10.0. The van der Waals surface area contributed by atoms with Gasteiger partial charge in [0.25, 0.3) is 0 Å². The van der Waals surface area contributed by atoms with E-state index in [-0.39, 0.29) is 0 Å².